The van der Waals surface area contributed by atoms with Crippen LogP contribution in [0.2, 0.25) is 77.1 Å². The summed E-state index contributed by atoms with van der Waals surface area (Å²) >= 11 is 10.3. The topological polar surface area (TPSA) is 301 Å². The number of ether oxygens (including phenoxy) is 6. The Bertz CT molecular complexity index is 4080. The van der Waals surface area contributed by atoms with Gasteiger partial charge in [-0.2, -0.15) is 0 Å². The molecule has 3 aliphatic carbocycles. The Kier molecular flexibility index (Phi) is 32.3. The van der Waals surface area contributed by atoms with Gasteiger partial charge in [0.2, 0.25) is 11.8 Å². The summed E-state index contributed by atoms with van der Waals surface area (Å²) in [7, 11) is -4.09. The number of anilines is 1. The van der Waals surface area contributed by atoms with E-state index >= 15 is 13.2 Å². The molecule has 6 aliphatic rings. The molecule has 9 rings (SSSR count). The van der Waals surface area contributed by atoms with Crippen LogP contribution >= 0.6 is 67.1 Å². The molecule has 3 saturated carbocycles. The van der Waals surface area contributed by atoms with Crippen molar-refractivity contribution in [3.8, 4) is 0 Å². The number of aliphatic imine (C=N–C) groups is 3. The van der Waals surface area contributed by atoms with E-state index in [1.165, 1.54) is 62.5 Å². The lowest BCUT2D eigenvalue weighted by Gasteiger charge is -2.38. The highest BCUT2D eigenvalue weighted by Gasteiger charge is 2.74. The quantitative estimate of drug-likeness (QED) is 0.0218. The maximum absolute atomic E-state index is 15.3. The van der Waals surface area contributed by atoms with Crippen molar-refractivity contribution in [2.45, 2.75) is 306 Å². The Morgan fingerprint density at radius 2 is 0.729 bits per heavy atom. The molecule has 7 N–H and O–H groups in total. The van der Waals surface area contributed by atoms with Gasteiger partial charge < -0.3 is 55.6 Å². The highest BCUT2D eigenvalue weighted by atomic mass is 79.9. The molecule has 0 radical (unpaired) electrons. The van der Waals surface area contributed by atoms with Gasteiger partial charge in [-0.3, -0.25) is 29.4 Å². The van der Waals surface area contributed by atoms with Crippen LogP contribution in [0.3, 0.4) is 0 Å². The molecule has 0 aromatic heterocycles. The van der Waals surface area contributed by atoms with Gasteiger partial charge in [-0.25, -0.2) is 42.3 Å². The number of amidine groups is 3. The van der Waals surface area contributed by atoms with Crippen LogP contribution in [0, 0.1) is 35.2 Å². The van der Waals surface area contributed by atoms with Crippen molar-refractivity contribution in [2.75, 3.05) is 45.7 Å². The number of nitrogens with zero attached hydrogens (tertiary/aromatic N) is 6. The maximum atomic E-state index is 15.3. The van der Waals surface area contributed by atoms with Gasteiger partial charge in [0.15, 0.2) is 15.5 Å². The minimum Gasteiger partial charge on any atom is -0.480 e. The van der Waals surface area contributed by atoms with E-state index in [-0.39, 0.29) is 70.4 Å². The largest absolute Gasteiger partial charge is 0.480 e. The molecule has 3 aliphatic heterocycles. The maximum Gasteiger partial charge on any atom is 0.418 e. The predicted octanol–water partition coefficient (Wildman–Crippen LogP) is 20.1. The van der Waals surface area contributed by atoms with E-state index in [1.807, 2.05) is 69.2 Å². The number of nitrogens with two attached hydrogens (primary N) is 2. The molecule has 23 nitrogen and oxygen atoms in total. The SMILES string of the molecule is CC(C)(C)N.CC(C)(C)NC(=O)[C@]12C[C@H]1[C@@](C)(c1cc(Br)ccc1F)N=C(N(COCC[Si](C)(C)C)C(=O)OC(C)(C)C)S2.CC(C)(C)NC(=O)[C@]12C[C@H]1[C@@](C)(c1cc(N)ccc1F)N=C(N(COCC[Si](C)(C)C)C(=O)OC(C)(C)C)S2.CC(C)(C)OC(=O)N(COCC[Si](C)(C)C)C1=N[C@](C)(c2cc(Br)ccc2F)[C@@H]2C[C@]2(C(=O)O)S1. The second kappa shape index (κ2) is 37.4. The number of aliphatic carboxylic acids is 1. The van der Waals surface area contributed by atoms with Crippen molar-refractivity contribution < 1.29 is 75.5 Å². The number of carbonyl (C=O) groups excluding carboxylic acids is 5. The first-order valence-corrected chi connectivity index (χ1v) is 55.2. The zero-order valence-electron chi connectivity index (χ0n) is 75.2. The summed E-state index contributed by atoms with van der Waals surface area (Å²) in [6.45, 7) is 60.1. The van der Waals surface area contributed by atoms with Crippen molar-refractivity contribution in [2.24, 2.45) is 38.5 Å². The molecule has 9 atom stereocenters. The van der Waals surface area contributed by atoms with Gasteiger partial charge in [-0.05, 0) is 237 Å². The summed E-state index contributed by atoms with van der Waals surface area (Å²) in [6, 6.07) is 16.4. The van der Waals surface area contributed by atoms with Gasteiger partial charge in [-0.15, -0.1) is 0 Å². The van der Waals surface area contributed by atoms with E-state index in [0.29, 0.717) is 64.8 Å². The summed E-state index contributed by atoms with van der Waals surface area (Å²) in [4.78, 5) is 98.8. The molecule has 662 valence electrons. The molecular weight excluding hydrogens is 1750 g/mol. The lowest BCUT2D eigenvalue weighted by molar-refractivity contribution is -0.137. The molecule has 0 unspecified atom stereocenters. The van der Waals surface area contributed by atoms with Crippen molar-refractivity contribution >= 4 is 149 Å². The van der Waals surface area contributed by atoms with Crippen LogP contribution in [0.4, 0.5) is 33.2 Å². The molecule has 3 aromatic rings. The smallest absolute Gasteiger partial charge is 0.418 e. The van der Waals surface area contributed by atoms with Gasteiger partial charge in [0.1, 0.15) is 68.7 Å². The Hall–Kier alpha value is -5.02. The summed E-state index contributed by atoms with van der Waals surface area (Å²) in [5, 5.41) is 17.0. The number of carboxylic acids is 1. The second-order valence-electron chi connectivity index (χ2n) is 41.7. The van der Waals surface area contributed by atoms with E-state index in [4.69, 9.17) is 54.9 Å². The first kappa shape index (κ1) is 102. The molecule has 3 aromatic carbocycles. The Morgan fingerprint density at radius 3 is 0.992 bits per heavy atom. The van der Waals surface area contributed by atoms with E-state index in [2.05, 4.69) is 101 Å². The molecule has 34 heteroatoms. The summed E-state index contributed by atoms with van der Waals surface area (Å²) in [5.41, 5.74) is 6.08. The zero-order valence-corrected chi connectivity index (χ0v) is 83.8. The van der Waals surface area contributed by atoms with Gasteiger partial charge in [0.05, 0.1) is 16.6 Å². The highest BCUT2D eigenvalue weighted by Crippen LogP contribution is 2.70. The normalized spacial score (nSPS) is 24.7. The van der Waals surface area contributed by atoms with Crippen LogP contribution in [0.1, 0.15) is 181 Å². The Labute approximate surface area is 732 Å². The highest BCUT2D eigenvalue weighted by molar-refractivity contribution is 9.10. The number of benzene rings is 3. The molecule has 0 saturated heterocycles. The third-order valence-electron chi connectivity index (χ3n) is 19.3. The number of nitrogens with one attached hydrogen (secondary N) is 2. The fraction of sp³-hybridized carbons (Fsp3) is 0.679. The Balaban J connectivity index is 0.000000267. The van der Waals surface area contributed by atoms with Gasteiger partial charge >= 0.3 is 24.2 Å². The number of hydrogen-bond donors (Lipinski definition) is 5. The summed E-state index contributed by atoms with van der Waals surface area (Å²) < 4.78 is 78.8. The number of fused-ring (bicyclic) bond motifs is 3. The summed E-state index contributed by atoms with van der Waals surface area (Å²) in [6.07, 6.45) is -0.676. The minimum absolute atomic E-state index is 0. The minimum atomic E-state index is -1.37. The zero-order chi connectivity index (χ0) is 90.1. The molecule has 0 bridgehead atoms. The molecule has 5 amide bonds. The van der Waals surface area contributed by atoms with Gasteiger partial charge in [-0.1, -0.05) is 126 Å². The fourth-order valence-electron chi connectivity index (χ4n) is 13.1. The van der Waals surface area contributed by atoms with Crippen molar-refractivity contribution in [3.05, 3.63) is 97.7 Å². The monoisotopic (exact) mass is 1880 g/mol. The van der Waals surface area contributed by atoms with Crippen LogP contribution in [0.15, 0.2) is 78.5 Å². The van der Waals surface area contributed by atoms with Crippen molar-refractivity contribution in [1.29, 1.82) is 0 Å². The molecule has 0 spiro atoms. The number of rotatable bonds is 21. The number of hydrogen-bond acceptors (Lipinski definition) is 20. The summed E-state index contributed by atoms with van der Waals surface area (Å²) in [5.74, 6) is -3.68. The molecule has 118 heavy (non-hydrogen) atoms. The van der Waals surface area contributed by atoms with Crippen LogP contribution in [-0.4, -0.2) is 183 Å². The first-order valence-electron chi connectivity index (χ1n) is 40.1. The number of carbonyl (C=O) groups is 6. The third kappa shape index (κ3) is 28.3. The average Bonchev–Trinajstić information content (AvgIpc) is 1.53. The second-order valence-corrected chi connectivity index (χ2v) is 64.3. The number of halogens is 5. The molecule has 3 heterocycles. The number of nitrogen functional groups attached to an aromatic ring is 1. The van der Waals surface area contributed by atoms with Crippen molar-refractivity contribution in [1.82, 2.24) is 25.3 Å². The van der Waals surface area contributed by atoms with Gasteiger partial charge in [0.25, 0.3) is 0 Å². The van der Waals surface area contributed by atoms with E-state index in [0.717, 1.165) is 29.9 Å². The number of thioether (sulfide) groups is 3. The van der Waals surface area contributed by atoms with Crippen LogP contribution in [-0.2, 0) is 59.4 Å². The molecular formula is C84H133Br2F3N10O13S3Si3. The third-order valence-corrected chi connectivity index (χ3v) is 29.9. The molecule has 3 fully saturated rings. The van der Waals surface area contributed by atoms with E-state index in [1.54, 1.807) is 106 Å². The predicted molar refractivity (Wildman–Crippen MR) is 487 cm³/mol. The van der Waals surface area contributed by atoms with E-state index in [9.17, 15) is 33.9 Å². The lowest BCUT2D eigenvalue weighted by atomic mass is 9.85. The van der Waals surface area contributed by atoms with Crippen LogP contribution in [0.5, 0.6) is 0 Å². The fourth-order valence-corrected chi connectivity index (χ4v) is 20.7. The first-order chi connectivity index (χ1) is 53.3. The van der Waals surface area contributed by atoms with Gasteiger partial charge in [0, 0.05) is 110 Å². The van der Waals surface area contributed by atoms with E-state index < -0.39 is 131 Å². The average molecular weight is 1890 g/mol. The van der Waals surface area contributed by atoms with Crippen molar-refractivity contribution in [3.63, 3.8) is 0 Å². The lowest BCUT2D eigenvalue weighted by Crippen LogP contribution is -2.52. The van der Waals surface area contributed by atoms with Crippen LogP contribution < -0.4 is 22.1 Å². The number of amides is 5. The standard InChI is InChI=1S/C28H43BrFN3O4SSi.C28H45FN4O4SSi.C24H34BrFN2O5SSi.C4H11N/c1-25(2,3)31-22(34)28-16-21(28)27(7,19-15-18(29)11-12-20(19)30)32-23(38-28)33(24(35)37-26(4,5)6)17-36-13-14-39(8,9)10;1-25(2,3)31-22(34)28-16-21(28)27(7,19-15-18(30)11-12-20(19)29)32-23(38-28)33(24(35)37-26(4,5)6)17-36-13-14-39(8,9)10;1-22(2,3)33-21(31)28(14-32-10-11-35(5,6)7)20-27-23(4,16-12-15(25)8-9-17(16)26)18-13-24(18,34-20)19(29)30;1-4(2,3)5/h11-12,15,21H,13-14,16-17H2,1-10H3,(H,31,34);11-12,15,21H,13-14,16-17,30H2,1-10H3,(H,31,34);8-9,12,18H,10-11,13-14H2,1-7H3,(H,29,30);5H2,1-3H3/t2*21-,27+,28-;18-,23+,24-;/m000./s1. The number of carboxylic acid groups (broad SMARTS) is 1. The Morgan fingerprint density at radius 1 is 0.475 bits per heavy atom. The van der Waals surface area contributed by atoms with Crippen LogP contribution in [0.25, 0.3) is 0 Å².